The van der Waals surface area contributed by atoms with Gasteiger partial charge in [0.15, 0.2) is 0 Å². The van der Waals surface area contributed by atoms with Crippen molar-refractivity contribution in [3.8, 4) is 0 Å². The van der Waals surface area contributed by atoms with Gasteiger partial charge >= 0.3 is 0 Å². The van der Waals surface area contributed by atoms with Crippen molar-refractivity contribution in [2.75, 3.05) is 26.7 Å². The van der Waals surface area contributed by atoms with Crippen molar-refractivity contribution in [2.24, 2.45) is 4.99 Å². The van der Waals surface area contributed by atoms with Gasteiger partial charge in [-0.05, 0) is 19.4 Å². The van der Waals surface area contributed by atoms with Gasteiger partial charge < -0.3 is 4.74 Å². The fourth-order valence-corrected chi connectivity index (χ4v) is 2.13. The first-order chi connectivity index (χ1) is 5.92. The standard InChI is InChI=1S/C9H16N2O/c1-12-9-8-4-2-3-6-11(8)7-5-10-9/h8H,2-7H2,1H3. The fourth-order valence-electron chi connectivity index (χ4n) is 2.13. The van der Waals surface area contributed by atoms with Crippen LogP contribution in [0.15, 0.2) is 4.99 Å². The highest BCUT2D eigenvalue weighted by Crippen LogP contribution is 2.20. The third-order valence-electron chi connectivity index (χ3n) is 2.76. The van der Waals surface area contributed by atoms with Crippen molar-refractivity contribution < 1.29 is 4.74 Å². The molecule has 2 aliphatic heterocycles. The molecule has 0 amide bonds. The zero-order valence-electron chi connectivity index (χ0n) is 7.62. The van der Waals surface area contributed by atoms with Gasteiger partial charge in [-0.15, -0.1) is 0 Å². The predicted molar refractivity (Wildman–Crippen MR) is 48.5 cm³/mol. The Kier molecular flexibility index (Phi) is 2.30. The molecule has 3 heteroatoms. The van der Waals surface area contributed by atoms with Crippen molar-refractivity contribution in [1.29, 1.82) is 0 Å². The summed E-state index contributed by atoms with van der Waals surface area (Å²) in [5.41, 5.74) is 0. The molecule has 0 bridgehead atoms. The van der Waals surface area contributed by atoms with Gasteiger partial charge in [0.05, 0.1) is 19.7 Å². The number of hydrogen-bond donors (Lipinski definition) is 0. The number of fused-ring (bicyclic) bond motifs is 1. The van der Waals surface area contributed by atoms with E-state index in [-0.39, 0.29) is 0 Å². The molecule has 2 aliphatic rings. The van der Waals surface area contributed by atoms with E-state index in [1.807, 2.05) is 0 Å². The van der Waals surface area contributed by atoms with Gasteiger partial charge in [0.1, 0.15) is 0 Å². The number of rotatable bonds is 0. The van der Waals surface area contributed by atoms with Crippen LogP contribution in [0.2, 0.25) is 0 Å². The Balaban J connectivity index is 2.09. The van der Waals surface area contributed by atoms with E-state index < -0.39 is 0 Å². The van der Waals surface area contributed by atoms with Crippen LogP contribution in [0.3, 0.4) is 0 Å². The molecule has 2 heterocycles. The summed E-state index contributed by atoms with van der Waals surface area (Å²) < 4.78 is 5.27. The molecule has 1 saturated heterocycles. The average Bonchev–Trinajstić information content (AvgIpc) is 2.17. The molecule has 1 atom stereocenters. The molecule has 0 N–H and O–H groups in total. The number of piperidine rings is 1. The zero-order valence-corrected chi connectivity index (χ0v) is 7.62. The van der Waals surface area contributed by atoms with E-state index in [4.69, 9.17) is 4.74 Å². The highest BCUT2D eigenvalue weighted by molar-refractivity contribution is 5.82. The van der Waals surface area contributed by atoms with E-state index in [1.165, 1.54) is 25.8 Å². The molecule has 0 radical (unpaired) electrons. The molecule has 0 aromatic rings. The Morgan fingerprint density at radius 1 is 1.42 bits per heavy atom. The smallest absolute Gasteiger partial charge is 0.200 e. The maximum atomic E-state index is 5.27. The highest BCUT2D eigenvalue weighted by Gasteiger charge is 2.29. The van der Waals surface area contributed by atoms with E-state index in [0.717, 1.165) is 19.0 Å². The van der Waals surface area contributed by atoms with Crippen LogP contribution in [0.5, 0.6) is 0 Å². The van der Waals surface area contributed by atoms with Crippen LogP contribution in [0, 0.1) is 0 Å². The van der Waals surface area contributed by atoms with Crippen LogP contribution in [-0.2, 0) is 4.74 Å². The quantitative estimate of drug-likeness (QED) is 0.537. The lowest BCUT2D eigenvalue weighted by Gasteiger charge is -2.37. The molecule has 1 unspecified atom stereocenters. The maximum Gasteiger partial charge on any atom is 0.200 e. The maximum absolute atomic E-state index is 5.27. The second-order valence-corrected chi connectivity index (χ2v) is 3.47. The Morgan fingerprint density at radius 3 is 3.17 bits per heavy atom. The number of methoxy groups -OCH3 is 1. The minimum Gasteiger partial charge on any atom is -0.483 e. The Hall–Kier alpha value is -0.570. The molecule has 1 fully saturated rings. The van der Waals surface area contributed by atoms with Gasteiger partial charge in [-0.3, -0.25) is 9.89 Å². The second-order valence-electron chi connectivity index (χ2n) is 3.47. The summed E-state index contributed by atoms with van der Waals surface area (Å²) in [4.78, 5) is 6.88. The summed E-state index contributed by atoms with van der Waals surface area (Å²) in [6.07, 6.45) is 3.89. The monoisotopic (exact) mass is 168 g/mol. The van der Waals surface area contributed by atoms with Crippen molar-refractivity contribution in [1.82, 2.24) is 4.90 Å². The Labute approximate surface area is 73.4 Å². The minimum absolute atomic E-state index is 0.498. The number of nitrogens with zero attached hydrogens (tertiary/aromatic N) is 2. The molecule has 68 valence electrons. The normalized spacial score (nSPS) is 30.8. The van der Waals surface area contributed by atoms with Crippen molar-refractivity contribution in [3.05, 3.63) is 0 Å². The molecule has 0 spiro atoms. The van der Waals surface area contributed by atoms with E-state index in [1.54, 1.807) is 7.11 Å². The van der Waals surface area contributed by atoms with Crippen LogP contribution in [0.1, 0.15) is 19.3 Å². The Morgan fingerprint density at radius 2 is 2.33 bits per heavy atom. The molecule has 0 aromatic heterocycles. The van der Waals surface area contributed by atoms with Crippen molar-refractivity contribution >= 4 is 5.90 Å². The molecular formula is C9H16N2O. The van der Waals surface area contributed by atoms with Gasteiger partial charge in [0, 0.05) is 6.54 Å². The molecule has 0 aromatic carbocycles. The van der Waals surface area contributed by atoms with Crippen LogP contribution in [0.25, 0.3) is 0 Å². The van der Waals surface area contributed by atoms with E-state index in [9.17, 15) is 0 Å². The van der Waals surface area contributed by atoms with E-state index >= 15 is 0 Å². The van der Waals surface area contributed by atoms with Gasteiger partial charge in [0.2, 0.25) is 5.90 Å². The summed E-state index contributed by atoms with van der Waals surface area (Å²) in [6, 6.07) is 0.498. The summed E-state index contributed by atoms with van der Waals surface area (Å²) in [7, 11) is 1.73. The summed E-state index contributed by atoms with van der Waals surface area (Å²) in [5.74, 6) is 0.959. The third-order valence-corrected chi connectivity index (χ3v) is 2.76. The first kappa shape index (κ1) is 8.05. The fraction of sp³-hybridized carbons (Fsp3) is 0.889. The van der Waals surface area contributed by atoms with Crippen molar-refractivity contribution in [2.45, 2.75) is 25.3 Å². The molecule has 3 nitrogen and oxygen atoms in total. The van der Waals surface area contributed by atoms with Crippen LogP contribution >= 0.6 is 0 Å². The summed E-state index contributed by atoms with van der Waals surface area (Å²) in [6.45, 7) is 3.27. The largest absolute Gasteiger partial charge is 0.483 e. The van der Waals surface area contributed by atoms with Crippen LogP contribution in [-0.4, -0.2) is 43.6 Å². The van der Waals surface area contributed by atoms with E-state index in [0.29, 0.717) is 6.04 Å². The van der Waals surface area contributed by atoms with Crippen LogP contribution in [0.4, 0.5) is 0 Å². The van der Waals surface area contributed by atoms with Gasteiger partial charge in [-0.25, -0.2) is 0 Å². The second kappa shape index (κ2) is 3.44. The van der Waals surface area contributed by atoms with Gasteiger partial charge in [-0.2, -0.15) is 0 Å². The lowest BCUT2D eigenvalue weighted by atomic mass is 10.0. The Bertz CT molecular complexity index is 191. The average molecular weight is 168 g/mol. The molecular weight excluding hydrogens is 152 g/mol. The first-order valence-corrected chi connectivity index (χ1v) is 4.74. The minimum atomic E-state index is 0.498. The summed E-state index contributed by atoms with van der Waals surface area (Å²) in [5, 5.41) is 0. The lowest BCUT2D eigenvalue weighted by molar-refractivity contribution is 0.162. The number of hydrogen-bond acceptors (Lipinski definition) is 3. The number of aliphatic imine (C=N–C) groups is 1. The summed E-state index contributed by atoms with van der Waals surface area (Å²) >= 11 is 0. The topological polar surface area (TPSA) is 24.8 Å². The van der Waals surface area contributed by atoms with Gasteiger partial charge in [-0.1, -0.05) is 6.42 Å². The lowest BCUT2D eigenvalue weighted by Crippen LogP contribution is -2.49. The van der Waals surface area contributed by atoms with E-state index in [2.05, 4.69) is 9.89 Å². The molecule has 12 heavy (non-hydrogen) atoms. The molecule has 0 saturated carbocycles. The van der Waals surface area contributed by atoms with Crippen LogP contribution < -0.4 is 0 Å². The zero-order chi connectivity index (χ0) is 8.39. The molecule has 2 rings (SSSR count). The highest BCUT2D eigenvalue weighted by atomic mass is 16.5. The molecule has 0 aliphatic carbocycles. The SMILES string of the molecule is COC1=NCCN2CCCCC12. The number of ether oxygens (including phenoxy) is 1. The first-order valence-electron chi connectivity index (χ1n) is 4.74. The van der Waals surface area contributed by atoms with Gasteiger partial charge in [0.25, 0.3) is 0 Å². The third kappa shape index (κ3) is 1.33. The predicted octanol–water partition coefficient (Wildman–Crippen LogP) is 0.899. The van der Waals surface area contributed by atoms with Crippen molar-refractivity contribution in [3.63, 3.8) is 0 Å².